The average molecular weight is 542 g/mol. The smallest absolute Gasteiger partial charge is 0.348 e. The van der Waals surface area contributed by atoms with Crippen LogP contribution in [-0.2, 0) is 4.74 Å². The number of halogens is 1. The number of nitro benzene ring substituents is 1. The Morgan fingerprint density at radius 3 is 2.60 bits per heavy atom. The summed E-state index contributed by atoms with van der Waals surface area (Å²) in [6.07, 6.45) is 4.40. The summed E-state index contributed by atoms with van der Waals surface area (Å²) in [7, 11) is 0. The number of amides is 2. The molecular formula is C24H24BrN5O5. The standard InChI is InChI=1S/C24H24BrN5O5/c1-4-7-16(3)34-22(19-8-5-6-9-20(19)30(32)33)29-23(31)28-18-10-11-21(15(2)12-18)35-24-26-13-17(25)14-27-24/h5-6,8-14,16H,4,7H2,1-3H3,(H,28,31)/b29-22-. The number of urea groups is 1. The van der Waals surface area contributed by atoms with Crippen molar-refractivity contribution in [1.29, 1.82) is 0 Å². The van der Waals surface area contributed by atoms with Crippen molar-refractivity contribution < 1.29 is 19.2 Å². The largest absolute Gasteiger partial charge is 0.474 e. The third kappa shape index (κ3) is 7.31. The van der Waals surface area contributed by atoms with Crippen molar-refractivity contribution in [3.05, 3.63) is 80.6 Å². The number of carbonyl (C=O) groups excluding carboxylic acids is 1. The van der Waals surface area contributed by atoms with Gasteiger partial charge in [0, 0.05) is 24.1 Å². The minimum absolute atomic E-state index is 0.111. The van der Waals surface area contributed by atoms with Gasteiger partial charge in [-0.3, -0.25) is 10.1 Å². The summed E-state index contributed by atoms with van der Waals surface area (Å²) >= 11 is 3.27. The van der Waals surface area contributed by atoms with Crippen LogP contribution in [0.5, 0.6) is 11.8 Å². The minimum atomic E-state index is -0.730. The lowest BCUT2D eigenvalue weighted by Crippen LogP contribution is -2.20. The number of aliphatic imine (C=N–C) groups is 1. The molecule has 182 valence electrons. The van der Waals surface area contributed by atoms with Crippen LogP contribution in [0.3, 0.4) is 0 Å². The molecule has 10 nitrogen and oxygen atoms in total. The zero-order valence-corrected chi connectivity index (χ0v) is 21.0. The first-order valence-corrected chi connectivity index (χ1v) is 11.6. The number of rotatable bonds is 8. The van der Waals surface area contributed by atoms with Gasteiger partial charge in [-0.1, -0.05) is 25.5 Å². The molecule has 1 unspecified atom stereocenters. The molecule has 0 radical (unpaired) electrons. The van der Waals surface area contributed by atoms with Crippen LogP contribution in [0.25, 0.3) is 0 Å². The van der Waals surface area contributed by atoms with Crippen molar-refractivity contribution in [2.75, 3.05) is 5.32 Å². The zero-order chi connectivity index (χ0) is 25.4. The summed E-state index contributed by atoms with van der Waals surface area (Å²) in [5.41, 5.74) is 1.12. The normalized spacial score (nSPS) is 12.1. The van der Waals surface area contributed by atoms with Crippen LogP contribution < -0.4 is 10.1 Å². The van der Waals surface area contributed by atoms with E-state index >= 15 is 0 Å². The third-order valence-electron chi connectivity index (χ3n) is 4.77. The predicted molar refractivity (Wildman–Crippen MR) is 135 cm³/mol. The number of nitro groups is 1. The van der Waals surface area contributed by atoms with Gasteiger partial charge in [0.05, 0.1) is 15.5 Å². The summed E-state index contributed by atoms with van der Waals surface area (Å²) in [6, 6.07) is 10.5. The summed E-state index contributed by atoms with van der Waals surface area (Å²) < 4.78 is 12.3. The SMILES string of the molecule is CCCC(C)O/C(=N\C(=O)Nc1ccc(Oc2ncc(Br)cn2)c(C)c1)c1ccccc1[N+](=O)[O-]. The van der Waals surface area contributed by atoms with E-state index in [4.69, 9.17) is 9.47 Å². The molecule has 3 rings (SSSR count). The number of nitrogens with one attached hydrogen (secondary N) is 1. The Labute approximate surface area is 210 Å². The van der Waals surface area contributed by atoms with E-state index in [9.17, 15) is 14.9 Å². The topological polar surface area (TPSA) is 129 Å². The second kappa shape index (κ2) is 12.0. The molecule has 0 aliphatic heterocycles. The number of para-hydroxylation sites is 1. The molecule has 0 saturated heterocycles. The highest BCUT2D eigenvalue weighted by atomic mass is 79.9. The second-order valence-corrected chi connectivity index (χ2v) is 8.52. The van der Waals surface area contributed by atoms with E-state index < -0.39 is 11.0 Å². The fourth-order valence-corrected chi connectivity index (χ4v) is 3.36. The quantitative estimate of drug-likeness (QED) is 0.150. The highest BCUT2D eigenvalue weighted by Gasteiger charge is 2.22. The van der Waals surface area contributed by atoms with E-state index in [1.165, 1.54) is 12.1 Å². The monoisotopic (exact) mass is 541 g/mol. The molecule has 1 N–H and O–H groups in total. The number of benzene rings is 2. The Morgan fingerprint density at radius 2 is 1.94 bits per heavy atom. The summed E-state index contributed by atoms with van der Waals surface area (Å²) in [5, 5.41) is 14.2. The second-order valence-electron chi connectivity index (χ2n) is 7.60. The number of nitrogens with zero attached hydrogens (tertiary/aromatic N) is 4. The molecule has 2 amide bonds. The van der Waals surface area contributed by atoms with Crippen LogP contribution in [0.2, 0.25) is 0 Å². The van der Waals surface area contributed by atoms with Crippen molar-refractivity contribution in [3.63, 3.8) is 0 Å². The fraction of sp³-hybridized carbons (Fsp3) is 0.250. The van der Waals surface area contributed by atoms with Crippen LogP contribution in [-0.4, -0.2) is 32.9 Å². The number of carbonyl (C=O) groups is 1. The van der Waals surface area contributed by atoms with Crippen molar-refractivity contribution >= 4 is 39.2 Å². The number of anilines is 1. The minimum Gasteiger partial charge on any atom is -0.474 e. The van der Waals surface area contributed by atoms with E-state index in [0.29, 0.717) is 17.9 Å². The summed E-state index contributed by atoms with van der Waals surface area (Å²) in [4.78, 5) is 35.9. The summed E-state index contributed by atoms with van der Waals surface area (Å²) in [5.74, 6) is 0.408. The number of hydrogen-bond acceptors (Lipinski definition) is 7. The van der Waals surface area contributed by atoms with Crippen molar-refractivity contribution in [2.45, 2.75) is 39.7 Å². The maximum Gasteiger partial charge on any atom is 0.348 e. The Hall–Kier alpha value is -3.86. The van der Waals surface area contributed by atoms with Crippen molar-refractivity contribution in [3.8, 4) is 11.8 Å². The van der Waals surface area contributed by atoms with Crippen LogP contribution in [0, 0.1) is 17.0 Å². The van der Waals surface area contributed by atoms with Gasteiger partial charge in [0.15, 0.2) is 0 Å². The molecule has 3 aromatic rings. The molecule has 2 aromatic carbocycles. The van der Waals surface area contributed by atoms with E-state index in [1.807, 2.05) is 13.8 Å². The predicted octanol–water partition coefficient (Wildman–Crippen LogP) is 6.43. The highest BCUT2D eigenvalue weighted by molar-refractivity contribution is 9.10. The molecule has 1 heterocycles. The van der Waals surface area contributed by atoms with E-state index in [1.54, 1.807) is 49.6 Å². The number of aromatic nitrogens is 2. The first-order chi connectivity index (χ1) is 16.8. The third-order valence-corrected chi connectivity index (χ3v) is 5.18. The lowest BCUT2D eigenvalue weighted by molar-refractivity contribution is -0.385. The van der Waals surface area contributed by atoms with Crippen LogP contribution in [0.4, 0.5) is 16.2 Å². The van der Waals surface area contributed by atoms with Gasteiger partial charge in [-0.05, 0) is 66.0 Å². The van der Waals surface area contributed by atoms with Gasteiger partial charge in [0.2, 0.25) is 5.90 Å². The van der Waals surface area contributed by atoms with Gasteiger partial charge in [0.25, 0.3) is 5.69 Å². The molecule has 1 aromatic heterocycles. The van der Waals surface area contributed by atoms with Gasteiger partial charge in [0.1, 0.15) is 11.3 Å². The molecule has 35 heavy (non-hydrogen) atoms. The molecule has 0 fully saturated rings. The molecule has 0 aliphatic carbocycles. The highest BCUT2D eigenvalue weighted by Crippen LogP contribution is 2.26. The van der Waals surface area contributed by atoms with Crippen molar-refractivity contribution in [1.82, 2.24) is 9.97 Å². The molecule has 0 aliphatic rings. The van der Waals surface area contributed by atoms with Crippen LogP contribution in [0.1, 0.15) is 37.8 Å². The van der Waals surface area contributed by atoms with Crippen molar-refractivity contribution in [2.24, 2.45) is 4.99 Å². The molecule has 0 spiro atoms. The maximum atomic E-state index is 12.7. The Bertz CT molecular complexity index is 1230. The molecular weight excluding hydrogens is 518 g/mol. The van der Waals surface area contributed by atoms with Gasteiger partial charge in [-0.25, -0.2) is 14.8 Å². The van der Waals surface area contributed by atoms with E-state index in [2.05, 4.69) is 36.2 Å². The van der Waals surface area contributed by atoms with E-state index in [0.717, 1.165) is 16.5 Å². The summed E-state index contributed by atoms with van der Waals surface area (Å²) in [6.45, 7) is 5.62. The number of ether oxygens (including phenoxy) is 2. The Morgan fingerprint density at radius 1 is 1.23 bits per heavy atom. The Balaban J connectivity index is 1.82. The molecule has 0 bridgehead atoms. The van der Waals surface area contributed by atoms with Crippen LogP contribution in [0.15, 0.2) is 64.3 Å². The molecule has 0 saturated carbocycles. The number of aryl methyl sites for hydroxylation is 1. The number of hydrogen-bond donors (Lipinski definition) is 1. The molecule has 11 heteroatoms. The zero-order valence-electron chi connectivity index (χ0n) is 19.4. The maximum absolute atomic E-state index is 12.7. The van der Waals surface area contributed by atoms with Gasteiger partial charge in [-0.15, -0.1) is 0 Å². The van der Waals surface area contributed by atoms with Gasteiger partial charge in [-0.2, -0.15) is 4.99 Å². The van der Waals surface area contributed by atoms with Crippen LogP contribution >= 0.6 is 15.9 Å². The van der Waals surface area contributed by atoms with Gasteiger partial charge < -0.3 is 14.8 Å². The lowest BCUT2D eigenvalue weighted by Gasteiger charge is -2.16. The lowest BCUT2D eigenvalue weighted by atomic mass is 10.1. The van der Waals surface area contributed by atoms with Gasteiger partial charge >= 0.3 is 12.0 Å². The fourth-order valence-electron chi connectivity index (χ4n) is 3.16. The Kier molecular flexibility index (Phi) is 8.85. The first-order valence-electron chi connectivity index (χ1n) is 10.8. The van der Waals surface area contributed by atoms with E-state index in [-0.39, 0.29) is 29.3 Å². The first kappa shape index (κ1) is 25.8. The molecule has 1 atom stereocenters. The average Bonchev–Trinajstić information content (AvgIpc) is 2.82.